The molecule has 2 aromatic rings. The summed E-state index contributed by atoms with van der Waals surface area (Å²) >= 11 is 10.9. The number of amides is 1. The maximum absolute atomic E-state index is 11.8. The summed E-state index contributed by atoms with van der Waals surface area (Å²) in [6.45, 7) is -0.283. The van der Waals surface area contributed by atoms with Gasteiger partial charge in [-0.2, -0.15) is 0 Å². The van der Waals surface area contributed by atoms with E-state index in [0.717, 1.165) is 0 Å². The van der Waals surface area contributed by atoms with E-state index < -0.39 is 10.8 Å². The minimum Gasteiger partial charge on any atom is -0.484 e. The largest absolute Gasteiger partial charge is 0.484 e. The van der Waals surface area contributed by atoms with Gasteiger partial charge in [0, 0.05) is 22.8 Å². The van der Waals surface area contributed by atoms with Gasteiger partial charge in [0.1, 0.15) is 5.75 Å². The molecule has 0 aromatic heterocycles. The van der Waals surface area contributed by atoms with Crippen molar-refractivity contribution in [1.82, 2.24) is 5.32 Å². The number of carbonyl (C=O) groups excluding carboxylic acids is 1. The average molecular weight is 366 g/mol. The molecule has 0 heterocycles. The number of carbonyl (C=O) groups is 1. The molecule has 24 heavy (non-hydrogen) atoms. The Morgan fingerprint density at radius 1 is 1.25 bits per heavy atom. The van der Waals surface area contributed by atoms with Crippen molar-refractivity contribution in [2.75, 3.05) is 11.9 Å². The van der Waals surface area contributed by atoms with Gasteiger partial charge >= 0.3 is 0 Å². The summed E-state index contributed by atoms with van der Waals surface area (Å²) in [5.41, 5.74) is 0.586. The van der Waals surface area contributed by atoms with Gasteiger partial charge in [0.2, 0.25) is 0 Å². The van der Waals surface area contributed by atoms with E-state index in [0.29, 0.717) is 16.5 Å². The number of hydrogen-bond donors (Lipinski definition) is 2. The number of nitrogens with zero attached hydrogens (tertiary/aromatic N) is 1. The number of ether oxygens (including phenoxy) is 1. The lowest BCUT2D eigenvalue weighted by Gasteiger charge is -2.10. The van der Waals surface area contributed by atoms with Crippen LogP contribution in [0.2, 0.25) is 5.02 Å². The van der Waals surface area contributed by atoms with Crippen LogP contribution in [-0.2, 0) is 4.79 Å². The third-order valence-electron chi connectivity index (χ3n) is 2.75. The van der Waals surface area contributed by atoms with Crippen LogP contribution in [0.1, 0.15) is 0 Å². The number of benzene rings is 2. The van der Waals surface area contributed by atoms with Crippen molar-refractivity contribution < 1.29 is 14.5 Å². The third-order valence-corrected chi connectivity index (χ3v) is 3.19. The second-order valence-electron chi connectivity index (χ2n) is 4.55. The highest BCUT2D eigenvalue weighted by atomic mass is 35.5. The van der Waals surface area contributed by atoms with E-state index in [1.165, 1.54) is 24.3 Å². The second kappa shape index (κ2) is 8.23. The zero-order valence-corrected chi connectivity index (χ0v) is 13.8. The van der Waals surface area contributed by atoms with E-state index in [4.69, 9.17) is 28.6 Å². The first-order valence-electron chi connectivity index (χ1n) is 6.68. The molecule has 0 fully saturated rings. The summed E-state index contributed by atoms with van der Waals surface area (Å²) in [4.78, 5) is 21.8. The topological polar surface area (TPSA) is 93.5 Å². The molecule has 9 heteroatoms. The zero-order chi connectivity index (χ0) is 17.5. The molecule has 2 aromatic carbocycles. The maximum Gasteiger partial charge on any atom is 0.269 e. The normalized spacial score (nSPS) is 9.88. The molecule has 0 aliphatic rings. The molecule has 0 aliphatic heterocycles. The van der Waals surface area contributed by atoms with Gasteiger partial charge in [-0.05, 0) is 42.5 Å². The minimum atomic E-state index is -0.517. The molecule has 0 bridgehead atoms. The second-order valence-corrected chi connectivity index (χ2v) is 5.40. The Balaban J connectivity index is 1.80. The Labute approximate surface area is 147 Å². The van der Waals surface area contributed by atoms with Crippen LogP contribution in [-0.4, -0.2) is 22.5 Å². The van der Waals surface area contributed by atoms with E-state index in [2.05, 4.69) is 10.6 Å². The van der Waals surface area contributed by atoms with Gasteiger partial charge in [-0.1, -0.05) is 17.7 Å². The number of nitrogens with one attached hydrogen (secondary N) is 2. The molecule has 0 saturated carbocycles. The van der Waals surface area contributed by atoms with Crippen LogP contribution in [0.4, 0.5) is 11.4 Å². The fraction of sp³-hybridized carbons (Fsp3) is 0.0667. The fourth-order valence-electron chi connectivity index (χ4n) is 1.70. The summed E-state index contributed by atoms with van der Waals surface area (Å²) < 4.78 is 5.23. The van der Waals surface area contributed by atoms with Crippen molar-refractivity contribution in [1.29, 1.82) is 0 Å². The molecule has 0 spiro atoms. The Morgan fingerprint density at radius 3 is 2.58 bits per heavy atom. The number of rotatable bonds is 5. The molecule has 0 unspecified atom stereocenters. The molecule has 0 atom stereocenters. The maximum atomic E-state index is 11.8. The monoisotopic (exact) mass is 365 g/mol. The predicted octanol–water partition coefficient (Wildman–Crippen LogP) is 3.14. The van der Waals surface area contributed by atoms with Gasteiger partial charge in [-0.3, -0.25) is 20.2 Å². The van der Waals surface area contributed by atoms with Gasteiger partial charge in [0.15, 0.2) is 11.7 Å². The lowest BCUT2D eigenvalue weighted by Crippen LogP contribution is -2.37. The Morgan fingerprint density at radius 2 is 1.96 bits per heavy atom. The van der Waals surface area contributed by atoms with Gasteiger partial charge in [0.05, 0.1) is 4.92 Å². The zero-order valence-electron chi connectivity index (χ0n) is 12.2. The molecule has 0 radical (unpaired) electrons. The molecule has 1 amide bonds. The molecule has 0 aliphatic carbocycles. The molecule has 2 N–H and O–H groups in total. The first-order valence-corrected chi connectivity index (χ1v) is 7.46. The van der Waals surface area contributed by atoms with E-state index in [1.807, 2.05) is 0 Å². The first-order chi connectivity index (χ1) is 11.4. The van der Waals surface area contributed by atoms with Crippen LogP contribution >= 0.6 is 23.8 Å². The highest BCUT2D eigenvalue weighted by Crippen LogP contribution is 2.17. The minimum absolute atomic E-state index is 0.0568. The number of non-ortho nitro benzene ring substituents is 1. The SMILES string of the molecule is O=C(COc1ccc([N+](=O)[O-])cc1)NC(=S)Nc1cccc(Cl)c1. The standard InChI is InChI=1S/C15H12ClN3O4S/c16-10-2-1-3-11(8-10)17-15(24)18-14(20)9-23-13-6-4-12(5-7-13)19(21)22/h1-8H,9H2,(H2,17,18,20,24). The fourth-order valence-corrected chi connectivity index (χ4v) is 2.13. The summed E-state index contributed by atoms with van der Waals surface area (Å²) in [6.07, 6.45) is 0. The molecule has 2 rings (SSSR count). The van der Waals surface area contributed by atoms with E-state index in [1.54, 1.807) is 24.3 Å². The van der Waals surface area contributed by atoms with Gasteiger partial charge in [0.25, 0.3) is 11.6 Å². The van der Waals surface area contributed by atoms with Gasteiger partial charge in [-0.15, -0.1) is 0 Å². The summed E-state index contributed by atoms with van der Waals surface area (Å²) in [6, 6.07) is 12.3. The summed E-state index contributed by atoms with van der Waals surface area (Å²) in [5, 5.41) is 16.5. The number of thiocarbonyl (C=S) groups is 1. The molecule has 7 nitrogen and oxygen atoms in total. The number of hydrogen-bond acceptors (Lipinski definition) is 5. The van der Waals surface area contributed by atoms with Crippen molar-refractivity contribution in [2.24, 2.45) is 0 Å². The van der Waals surface area contributed by atoms with Crippen molar-refractivity contribution in [3.8, 4) is 5.75 Å². The lowest BCUT2D eigenvalue weighted by atomic mass is 10.3. The van der Waals surface area contributed by atoms with Crippen LogP contribution < -0.4 is 15.4 Å². The van der Waals surface area contributed by atoms with E-state index in [9.17, 15) is 14.9 Å². The Bertz CT molecular complexity index is 768. The Hall–Kier alpha value is -2.71. The molecular weight excluding hydrogens is 354 g/mol. The van der Waals surface area contributed by atoms with Gasteiger partial charge < -0.3 is 10.1 Å². The van der Waals surface area contributed by atoms with Crippen molar-refractivity contribution >= 4 is 46.2 Å². The lowest BCUT2D eigenvalue weighted by molar-refractivity contribution is -0.384. The van der Waals surface area contributed by atoms with Crippen molar-refractivity contribution in [2.45, 2.75) is 0 Å². The Kier molecular flexibility index (Phi) is 6.05. The van der Waals surface area contributed by atoms with E-state index in [-0.39, 0.29) is 17.4 Å². The van der Waals surface area contributed by atoms with Crippen LogP contribution in [0, 0.1) is 10.1 Å². The quantitative estimate of drug-likeness (QED) is 0.480. The number of anilines is 1. The molecule has 124 valence electrons. The van der Waals surface area contributed by atoms with Crippen molar-refractivity contribution in [3.63, 3.8) is 0 Å². The molecular formula is C15H12ClN3O4S. The summed E-state index contributed by atoms with van der Waals surface area (Å²) in [7, 11) is 0. The van der Waals surface area contributed by atoms with E-state index >= 15 is 0 Å². The van der Waals surface area contributed by atoms with Crippen molar-refractivity contribution in [3.05, 3.63) is 63.7 Å². The van der Waals surface area contributed by atoms with Crippen LogP contribution in [0.25, 0.3) is 0 Å². The van der Waals surface area contributed by atoms with Crippen LogP contribution in [0.3, 0.4) is 0 Å². The van der Waals surface area contributed by atoms with Crippen LogP contribution in [0.15, 0.2) is 48.5 Å². The highest BCUT2D eigenvalue weighted by Gasteiger charge is 2.08. The number of nitro groups is 1. The molecule has 0 saturated heterocycles. The first kappa shape index (κ1) is 17.6. The number of nitro benzene ring substituents is 1. The van der Waals surface area contributed by atoms with Crippen LogP contribution in [0.5, 0.6) is 5.75 Å². The average Bonchev–Trinajstić information content (AvgIpc) is 2.53. The number of halogens is 1. The smallest absolute Gasteiger partial charge is 0.269 e. The third kappa shape index (κ3) is 5.49. The summed E-state index contributed by atoms with van der Waals surface area (Å²) in [5.74, 6) is -0.127. The predicted molar refractivity (Wildman–Crippen MR) is 94.4 cm³/mol. The van der Waals surface area contributed by atoms with Gasteiger partial charge in [-0.25, -0.2) is 0 Å². The highest BCUT2D eigenvalue weighted by molar-refractivity contribution is 7.80.